The maximum Gasteiger partial charge on any atom is 0.122 e. The standard InChI is InChI=1S/C16H23NO2/c1-2-17-14-5-8-16(18,9-6-14)13-3-4-15-12(11-13)7-10-19-15/h3-4,11,14,17-18H,2,5-10H2,1H3. The summed E-state index contributed by atoms with van der Waals surface area (Å²) in [7, 11) is 0. The minimum absolute atomic E-state index is 0.572. The van der Waals surface area contributed by atoms with E-state index < -0.39 is 5.60 Å². The van der Waals surface area contributed by atoms with Gasteiger partial charge in [-0.15, -0.1) is 0 Å². The van der Waals surface area contributed by atoms with Gasteiger partial charge in [0.2, 0.25) is 0 Å². The van der Waals surface area contributed by atoms with Crippen molar-refractivity contribution in [3.63, 3.8) is 0 Å². The molecule has 0 atom stereocenters. The normalized spacial score (nSPS) is 29.9. The molecule has 3 nitrogen and oxygen atoms in total. The molecular weight excluding hydrogens is 238 g/mol. The third-order valence-corrected chi connectivity index (χ3v) is 4.53. The Morgan fingerprint density at radius 3 is 2.89 bits per heavy atom. The fourth-order valence-corrected chi connectivity index (χ4v) is 3.35. The average Bonchev–Trinajstić information content (AvgIpc) is 2.89. The summed E-state index contributed by atoms with van der Waals surface area (Å²) in [6, 6.07) is 6.78. The predicted octanol–water partition coefficient (Wildman–Crippen LogP) is 2.36. The van der Waals surface area contributed by atoms with Gasteiger partial charge in [-0.2, -0.15) is 0 Å². The van der Waals surface area contributed by atoms with Gasteiger partial charge < -0.3 is 15.2 Å². The molecule has 1 aromatic carbocycles. The Morgan fingerprint density at radius 2 is 2.16 bits per heavy atom. The molecule has 1 fully saturated rings. The number of aliphatic hydroxyl groups is 1. The third kappa shape index (κ3) is 2.49. The molecule has 0 amide bonds. The van der Waals surface area contributed by atoms with Gasteiger partial charge in [-0.25, -0.2) is 0 Å². The van der Waals surface area contributed by atoms with E-state index in [1.54, 1.807) is 0 Å². The van der Waals surface area contributed by atoms with E-state index in [4.69, 9.17) is 4.74 Å². The van der Waals surface area contributed by atoms with Crippen LogP contribution < -0.4 is 10.1 Å². The Kier molecular flexibility index (Phi) is 3.50. The van der Waals surface area contributed by atoms with Crippen molar-refractivity contribution in [2.45, 2.75) is 50.7 Å². The molecule has 0 spiro atoms. The van der Waals surface area contributed by atoms with Gasteiger partial charge in [0.05, 0.1) is 12.2 Å². The Balaban J connectivity index is 1.75. The summed E-state index contributed by atoms with van der Waals surface area (Å²) in [5, 5.41) is 14.4. The zero-order valence-electron chi connectivity index (χ0n) is 11.6. The smallest absolute Gasteiger partial charge is 0.122 e. The molecule has 1 saturated carbocycles. The van der Waals surface area contributed by atoms with E-state index in [1.165, 1.54) is 5.56 Å². The topological polar surface area (TPSA) is 41.5 Å². The van der Waals surface area contributed by atoms with Gasteiger partial charge in [-0.1, -0.05) is 13.0 Å². The highest BCUT2D eigenvalue weighted by molar-refractivity contribution is 5.41. The van der Waals surface area contributed by atoms with Crippen LogP contribution in [0, 0.1) is 0 Å². The van der Waals surface area contributed by atoms with Crippen molar-refractivity contribution in [3.05, 3.63) is 29.3 Å². The van der Waals surface area contributed by atoms with Gasteiger partial charge in [-0.3, -0.25) is 0 Å². The Morgan fingerprint density at radius 1 is 1.37 bits per heavy atom. The van der Waals surface area contributed by atoms with Crippen LogP contribution in [0.15, 0.2) is 18.2 Å². The van der Waals surface area contributed by atoms with Crippen LogP contribution in [0.25, 0.3) is 0 Å². The second kappa shape index (κ2) is 5.14. The van der Waals surface area contributed by atoms with Crippen LogP contribution in [0.5, 0.6) is 5.75 Å². The van der Waals surface area contributed by atoms with Gasteiger partial charge in [-0.05, 0) is 55.5 Å². The van der Waals surface area contributed by atoms with Crippen LogP contribution in [-0.2, 0) is 12.0 Å². The fraction of sp³-hybridized carbons (Fsp3) is 0.625. The van der Waals surface area contributed by atoms with Gasteiger partial charge >= 0.3 is 0 Å². The maximum absolute atomic E-state index is 10.9. The van der Waals surface area contributed by atoms with Crippen molar-refractivity contribution < 1.29 is 9.84 Å². The Bertz CT molecular complexity index is 450. The van der Waals surface area contributed by atoms with E-state index in [2.05, 4.69) is 18.3 Å². The molecular formula is C16H23NO2. The Labute approximate surface area is 115 Å². The number of hydrogen-bond acceptors (Lipinski definition) is 3. The van der Waals surface area contributed by atoms with E-state index in [1.807, 2.05) is 12.1 Å². The highest BCUT2D eigenvalue weighted by Crippen LogP contribution is 2.39. The van der Waals surface area contributed by atoms with Crippen LogP contribution in [-0.4, -0.2) is 24.3 Å². The van der Waals surface area contributed by atoms with Crippen LogP contribution in [0.3, 0.4) is 0 Å². The number of benzene rings is 1. The quantitative estimate of drug-likeness (QED) is 0.877. The number of nitrogens with one attached hydrogen (secondary N) is 1. The lowest BCUT2D eigenvalue weighted by molar-refractivity contribution is -0.00820. The molecule has 2 N–H and O–H groups in total. The lowest BCUT2D eigenvalue weighted by Crippen LogP contribution is -2.39. The molecule has 1 aromatic rings. The average molecular weight is 261 g/mol. The molecule has 1 heterocycles. The highest BCUT2D eigenvalue weighted by Gasteiger charge is 2.35. The SMILES string of the molecule is CCNC1CCC(O)(c2ccc3c(c2)CCO3)CC1. The molecule has 19 heavy (non-hydrogen) atoms. The zero-order valence-corrected chi connectivity index (χ0v) is 11.6. The first kappa shape index (κ1) is 12.9. The summed E-state index contributed by atoms with van der Waals surface area (Å²) in [5.74, 6) is 0.994. The summed E-state index contributed by atoms with van der Waals surface area (Å²) in [6.45, 7) is 3.93. The molecule has 0 radical (unpaired) electrons. The van der Waals surface area contributed by atoms with Crippen molar-refractivity contribution in [3.8, 4) is 5.75 Å². The lowest BCUT2D eigenvalue weighted by Gasteiger charge is -2.37. The number of hydrogen-bond donors (Lipinski definition) is 2. The first-order valence-corrected chi connectivity index (χ1v) is 7.43. The third-order valence-electron chi connectivity index (χ3n) is 4.53. The van der Waals surface area contributed by atoms with Crippen molar-refractivity contribution in [1.82, 2.24) is 5.32 Å². The van der Waals surface area contributed by atoms with Gasteiger partial charge in [0.25, 0.3) is 0 Å². The predicted molar refractivity (Wildman–Crippen MR) is 75.5 cm³/mol. The van der Waals surface area contributed by atoms with E-state index in [0.717, 1.165) is 56.6 Å². The minimum atomic E-state index is -0.635. The summed E-state index contributed by atoms with van der Waals surface area (Å²) in [6.07, 6.45) is 4.78. The van der Waals surface area contributed by atoms with Crippen LogP contribution in [0.1, 0.15) is 43.7 Å². The lowest BCUT2D eigenvalue weighted by atomic mass is 9.77. The maximum atomic E-state index is 10.9. The molecule has 3 heteroatoms. The van der Waals surface area contributed by atoms with Gasteiger partial charge in [0.1, 0.15) is 5.75 Å². The molecule has 1 aliphatic heterocycles. The summed E-state index contributed by atoms with van der Waals surface area (Å²) < 4.78 is 5.53. The monoisotopic (exact) mass is 261 g/mol. The van der Waals surface area contributed by atoms with E-state index >= 15 is 0 Å². The molecule has 104 valence electrons. The Hall–Kier alpha value is -1.06. The molecule has 2 aliphatic rings. The van der Waals surface area contributed by atoms with Crippen LogP contribution in [0.2, 0.25) is 0 Å². The molecule has 0 saturated heterocycles. The van der Waals surface area contributed by atoms with E-state index in [9.17, 15) is 5.11 Å². The summed E-state index contributed by atoms with van der Waals surface area (Å²) in [5.41, 5.74) is 1.69. The summed E-state index contributed by atoms with van der Waals surface area (Å²) in [4.78, 5) is 0. The second-order valence-electron chi connectivity index (χ2n) is 5.78. The first-order chi connectivity index (χ1) is 9.21. The number of ether oxygens (including phenoxy) is 1. The molecule has 3 rings (SSSR count). The van der Waals surface area contributed by atoms with Crippen molar-refractivity contribution >= 4 is 0 Å². The fourth-order valence-electron chi connectivity index (χ4n) is 3.35. The molecule has 1 aliphatic carbocycles. The van der Waals surface area contributed by atoms with Gasteiger partial charge in [0, 0.05) is 12.5 Å². The molecule has 0 bridgehead atoms. The van der Waals surface area contributed by atoms with Crippen LogP contribution >= 0.6 is 0 Å². The zero-order chi connectivity index (χ0) is 13.3. The number of fused-ring (bicyclic) bond motifs is 1. The number of rotatable bonds is 3. The first-order valence-electron chi connectivity index (χ1n) is 7.43. The van der Waals surface area contributed by atoms with Crippen molar-refractivity contribution in [1.29, 1.82) is 0 Å². The summed E-state index contributed by atoms with van der Waals surface area (Å²) >= 11 is 0. The second-order valence-corrected chi connectivity index (χ2v) is 5.78. The van der Waals surface area contributed by atoms with E-state index in [0.29, 0.717) is 6.04 Å². The molecule has 0 aromatic heterocycles. The largest absolute Gasteiger partial charge is 0.493 e. The van der Waals surface area contributed by atoms with Gasteiger partial charge in [0.15, 0.2) is 0 Å². The van der Waals surface area contributed by atoms with E-state index in [-0.39, 0.29) is 0 Å². The van der Waals surface area contributed by atoms with Crippen molar-refractivity contribution in [2.75, 3.05) is 13.2 Å². The van der Waals surface area contributed by atoms with Crippen molar-refractivity contribution in [2.24, 2.45) is 0 Å². The molecule has 0 unspecified atom stereocenters. The highest BCUT2D eigenvalue weighted by atomic mass is 16.5. The minimum Gasteiger partial charge on any atom is -0.493 e. The van der Waals surface area contributed by atoms with Crippen LogP contribution in [0.4, 0.5) is 0 Å².